The lowest BCUT2D eigenvalue weighted by molar-refractivity contribution is -0.131. The Balaban J connectivity index is 2.00. The fourth-order valence-electron chi connectivity index (χ4n) is 2.62. The van der Waals surface area contributed by atoms with Crippen LogP contribution in [0.25, 0.3) is 6.08 Å². The van der Waals surface area contributed by atoms with Gasteiger partial charge in [-0.15, -0.1) is 0 Å². The van der Waals surface area contributed by atoms with Gasteiger partial charge in [0, 0.05) is 30.4 Å². The third-order valence-electron chi connectivity index (χ3n) is 4.21. The Morgan fingerprint density at radius 3 is 2.44 bits per heavy atom. The first-order chi connectivity index (χ1) is 11.8. The van der Waals surface area contributed by atoms with Gasteiger partial charge in [0.15, 0.2) is 0 Å². The number of aryl methyl sites for hydroxylation is 2. The third-order valence-corrected chi connectivity index (χ3v) is 4.21. The number of hydrogen-bond acceptors (Lipinski definition) is 3. The molecule has 25 heavy (non-hydrogen) atoms. The summed E-state index contributed by atoms with van der Waals surface area (Å²) in [5.41, 5.74) is 4.58. The van der Waals surface area contributed by atoms with Crippen LogP contribution in [-0.2, 0) is 23.1 Å². The molecular weight excluding hydrogens is 318 g/mol. The van der Waals surface area contributed by atoms with Crippen molar-refractivity contribution in [2.24, 2.45) is 13.0 Å². The number of aliphatic carboxylic acids is 1. The molecule has 1 heterocycles. The molecule has 6 nitrogen and oxygen atoms in total. The van der Waals surface area contributed by atoms with Crippen molar-refractivity contribution in [3.63, 3.8) is 0 Å². The minimum atomic E-state index is -0.993. The Hall–Kier alpha value is -2.89. The monoisotopic (exact) mass is 341 g/mol. The van der Waals surface area contributed by atoms with Gasteiger partial charge < -0.3 is 10.4 Å². The van der Waals surface area contributed by atoms with Crippen LogP contribution < -0.4 is 5.32 Å². The van der Waals surface area contributed by atoms with Gasteiger partial charge in [-0.2, -0.15) is 5.10 Å². The lowest BCUT2D eigenvalue weighted by atomic mass is 9.98. The maximum absolute atomic E-state index is 12.4. The van der Waals surface area contributed by atoms with Gasteiger partial charge in [-0.1, -0.05) is 19.1 Å². The van der Waals surface area contributed by atoms with E-state index in [1.807, 2.05) is 32.5 Å². The van der Waals surface area contributed by atoms with Gasteiger partial charge in [-0.3, -0.25) is 9.48 Å². The number of rotatable bonds is 6. The van der Waals surface area contributed by atoms with Crippen molar-refractivity contribution >= 4 is 23.6 Å². The predicted molar refractivity (Wildman–Crippen MR) is 97.3 cm³/mol. The molecule has 2 N–H and O–H groups in total. The van der Waals surface area contributed by atoms with E-state index in [1.165, 1.54) is 6.08 Å². The summed E-state index contributed by atoms with van der Waals surface area (Å²) in [7, 11) is 1.90. The fraction of sp³-hybridized carbons (Fsp3) is 0.316. The van der Waals surface area contributed by atoms with Crippen molar-refractivity contribution in [3.05, 3.63) is 52.9 Å². The van der Waals surface area contributed by atoms with E-state index in [1.54, 1.807) is 24.3 Å². The Bertz CT molecular complexity index is 804. The summed E-state index contributed by atoms with van der Waals surface area (Å²) in [6.07, 6.45) is 3.22. The maximum atomic E-state index is 12.4. The molecule has 1 unspecified atom stereocenters. The van der Waals surface area contributed by atoms with E-state index in [-0.39, 0.29) is 11.8 Å². The van der Waals surface area contributed by atoms with E-state index in [4.69, 9.17) is 5.11 Å². The highest BCUT2D eigenvalue weighted by Gasteiger charge is 2.18. The lowest BCUT2D eigenvalue weighted by Crippen LogP contribution is -2.22. The normalized spacial score (nSPS) is 12.3. The molecule has 0 fully saturated rings. The molecule has 0 bridgehead atoms. The van der Waals surface area contributed by atoms with E-state index in [0.717, 1.165) is 28.6 Å². The van der Waals surface area contributed by atoms with Gasteiger partial charge in [-0.25, -0.2) is 4.79 Å². The van der Waals surface area contributed by atoms with E-state index < -0.39 is 5.97 Å². The molecule has 0 saturated carbocycles. The number of nitrogens with one attached hydrogen (secondary N) is 1. The van der Waals surface area contributed by atoms with Crippen LogP contribution in [0.3, 0.4) is 0 Å². The Labute approximate surface area is 147 Å². The highest BCUT2D eigenvalue weighted by Crippen LogP contribution is 2.18. The number of carbonyl (C=O) groups excluding carboxylic acids is 1. The molecule has 2 rings (SSSR count). The Kier molecular flexibility index (Phi) is 5.75. The molecule has 0 saturated heterocycles. The van der Waals surface area contributed by atoms with Gasteiger partial charge in [-0.05, 0) is 49.6 Å². The summed E-state index contributed by atoms with van der Waals surface area (Å²) in [6, 6.07) is 7.03. The second kappa shape index (κ2) is 7.79. The molecule has 1 atom stereocenters. The van der Waals surface area contributed by atoms with Gasteiger partial charge in [0.25, 0.3) is 0 Å². The van der Waals surface area contributed by atoms with Crippen molar-refractivity contribution in [3.8, 4) is 0 Å². The number of amides is 1. The largest absolute Gasteiger partial charge is 0.478 e. The molecule has 0 radical (unpaired) electrons. The summed E-state index contributed by atoms with van der Waals surface area (Å²) in [5.74, 6) is -1.24. The number of carbonyl (C=O) groups is 2. The zero-order chi connectivity index (χ0) is 18.6. The molecule has 2 aromatic rings. The molecule has 1 aromatic heterocycles. The highest BCUT2D eigenvalue weighted by atomic mass is 16.4. The van der Waals surface area contributed by atoms with E-state index in [0.29, 0.717) is 12.1 Å². The van der Waals surface area contributed by atoms with Crippen molar-refractivity contribution in [2.45, 2.75) is 27.2 Å². The van der Waals surface area contributed by atoms with Gasteiger partial charge in [0.2, 0.25) is 5.91 Å². The highest BCUT2D eigenvalue weighted by molar-refractivity contribution is 5.92. The van der Waals surface area contributed by atoms with Crippen LogP contribution in [0, 0.1) is 19.8 Å². The van der Waals surface area contributed by atoms with E-state index in [9.17, 15) is 9.59 Å². The zero-order valence-electron chi connectivity index (χ0n) is 14.9. The lowest BCUT2D eigenvalue weighted by Gasteiger charge is -2.13. The molecule has 1 amide bonds. The molecule has 132 valence electrons. The minimum absolute atomic E-state index is 0.0588. The summed E-state index contributed by atoms with van der Waals surface area (Å²) in [6.45, 7) is 5.85. The summed E-state index contributed by atoms with van der Waals surface area (Å²) in [4.78, 5) is 22.9. The number of carboxylic acid groups (broad SMARTS) is 1. The average molecular weight is 341 g/mol. The Morgan fingerprint density at radius 2 is 1.92 bits per heavy atom. The molecular formula is C19H23N3O3. The van der Waals surface area contributed by atoms with Crippen LogP contribution in [0.15, 0.2) is 30.3 Å². The van der Waals surface area contributed by atoms with Crippen LogP contribution in [0.1, 0.15) is 29.4 Å². The SMILES string of the molecule is Cc1nn(C)c(C)c1CC(C)C(=O)Nc1ccc(/C=C/C(=O)O)cc1. The summed E-state index contributed by atoms with van der Waals surface area (Å²) >= 11 is 0. The predicted octanol–water partition coefficient (Wildman–Crippen LogP) is 2.95. The second-order valence-corrected chi connectivity index (χ2v) is 6.16. The van der Waals surface area contributed by atoms with Crippen molar-refractivity contribution in [1.29, 1.82) is 0 Å². The maximum Gasteiger partial charge on any atom is 0.328 e. The van der Waals surface area contributed by atoms with Crippen molar-refractivity contribution in [2.75, 3.05) is 5.32 Å². The van der Waals surface area contributed by atoms with Crippen LogP contribution >= 0.6 is 0 Å². The Morgan fingerprint density at radius 1 is 1.28 bits per heavy atom. The summed E-state index contributed by atoms with van der Waals surface area (Å²) in [5, 5.41) is 15.9. The first kappa shape index (κ1) is 18.4. The molecule has 1 aromatic carbocycles. The first-order valence-electron chi connectivity index (χ1n) is 8.09. The molecule has 0 aliphatic carbocycles. The summed E-state index contributed by atoms with van der Waals surface area (Å²) < 4.78 is 1.83. The quantitative estimate of drug-likeness (QED) is 0.791. The first-order valence-corrected chi connectivity index (χ1v) is 8.09. The third kappa shape index (κ3) is 4.79. The number of carboxylic acids is 1. The average Bonchev–Trinajstić information content (AvgIpc) is 2.80. The van der Waals surface area contributed by atoms with Crippen LogP contribution in [-0.4, -0.2) is 26.8 Å². The van der Waals surface area contributed by atoms with Gasteiger partial charge in [0.05, 0.1) is 5.69 Å². The van der Waals surface area contributed by atoms with Crippen molar-refractivity contribution in [1.82, 2.24) is 9.78 Å². The van der Waals surface area contributed by atoms with Crippen LogP contribution in [0.4, 0.5) is 5.69 Å². The number of aromatic nitrogens is 2. The van der Waals surface area contributed by atoms with E-state index in [2.05, 4.69) is 10.4 Å². The standard InChI is InChI=1S/C19H23N3O3/c1-12(11-17-13(2)21-22(4)14(17)3)19(25)20-16-8-5-15(6-9-16)7-10-18(23)24/h5-10,12H,11H2,1-4H3,(H,20,25)(H,23,24)/b10-7+. The smallest absolute Gasteiger partial charge is 0.328 e. The molecule has 0 aliphatic heterocycles. The fourth-order valence-corrected chi connectivity index (χ4v) is 2.62. The molecule has 0 spiro atoms. The minimum Gasteiger partial charge on any atom is -0.478 e. The van der Waals surface area contributed by atoms with E-state index >= 15 is 0 Å². The number of benzene rings is 1. The van der Waals surface area contributed by atoms with Crippen molar-refractivity contribution < 1.29 is 14.7 Å². The second-order valence-electron chi connectivity index (χ2n) is 6.16. The number of nitrogens with zero attached hydrogens (tertiary/aromatic N) is 2. The number of hydrogen-bond donors (Lipinski definition) is 2. The number of anilines is 1. The van der Waals surface area contributed by atoms with Crippen LogP contribution in [0.5, 0.6) is 0 Å². The molecule has 6 heteroatoms. The van der Waals surface area contributed by atoms with Crippen LogP contribution in [0.2, 0.25) is 0 Å². The van der Waals surface area contributed by atoms with Gasteiger partial charge in [0.1, 0.15) is 0 Å². The molecule has 0 aliphatic rings. The zero-order valence-corrected chi connectivity index (χ0v) is 14.9. The van der Waals surface area contributed by atoms with Gasteiger partial charge >= 0.3 is 5.97 Å². The topological polar surface area (TPSA) is 84.2 Å².